The van der Waals surface area contributed by atoms with E-state index in [0.29, 0.717) is 18.4 Å². The highest BCUT2D eigenvalue weighted by Gasteiger charge is 2.19. The van der Waals surface area contributed by atoms with Crippen LogP contribution in [0.1, 0.15) is 29.6 Å². The Labute approximate surface area is 153 Å². The molecule has 0 aromatic heterocycles. The van der Waals surface area contributed by atoms with Crippen molar-refractivity contribution in [3.8, 4) is 0 Å². The number of primary amides is 1. The van der Waals surface area contributed by atoms with Gasteiger partial charge in [-0.25, -0.2) is 8.42 Å². The van der Waals surface area contributed by atoms with Crippen molar-refractivity contribution < 1.29 is 18.0 Å². The Kier molecular flexibility index (Phi) is 6.91. The van der Waals surface area contributed by atoms with E-state index in [9.17, 15) is 18.0 Å². The van der Waals surface area contributed by atoms with E-state index in [0.717, 1.165) is 0 Å². The first-order valence-corrected chi connectivity index (χ1v) is 9.98. The summed E-state index contributed by atoms with van der Waals surface area (Å²) in [6, 6.07) is 15.9. The van der Waals surface area contributed by atoms with Gasteiger partial charge >= 0.3 is 0 Å². The lowest BCUT2D eigenvalue weighted by molar-refractivity contribution is -0.120. The number of nitrogens with two attached hydrogens (primary N) is 1. The first-order chi connectivity index (χ1) is 12.4. The SMILES string of the molecule is NC(=O)C(CCCCS(=O)(=O)c1ccccc1)NC(=O)c1ccccc1. The highest BCUT2D eigenvalue weighted by Crippen LogP contribution is 2.13. The van der Waals surface area contributed by atoms with Gasteiger partial charge in [0.25, 0.3) is 5.91 Å². The smallest absolute Gasteiger partial charge is 0.251 e. The predicted molar refractivity (Wildman–Crippen MR) is 99.2 cm³/mol. The molecule has 26 heavy (non-hydrogen) atoms. The second-order valence-corrected chi connectivity index (χ2v) is 8.03. The van der Waals surface area contributed by atoms with Crippen LogP contribution in [0, 0.1) is 0 Å². The van der Waals surface area contributed by atoms with Crippen LogP contribution in [0.15, 0.2) is 65.6 Å². The molecule has 1 unspecified atom stereocenters. The molecule has 0 spiro atoms. The molecular formula is C19H22N2O4S. The fraction of sp³-hybridized carbons (Fsp3) is 0.263. The van der Waals surface area contributed by atoms with Crippen LogP contribution < -0.4 is 11.1 Å². The second kappa shape index (κ2) is 9.15. The number of hydrogen-bond acceptors (Lipinski definition) is 4. The average Bonchev–Trinajstić information content (AvgIpc) is 2.65. The van der Waals surface area contributed by atoms with Crippen LogP contribution in [-0.4, -0.2) is 32.0 Å². The maximum atomic E-state index is 12.2. The van der Waals surface area contributed by atoms with Crippen molar-refractivity contribution in [2.24, 2.45) is 5.73 Å². The molecule has 0 aliphatic carbocycles. The number of carbonyl (C=O) groups excluding carboxylic acids is 2. The molecule has 1 atom stereocenters. The van der Waals surface area contributed by atoms with Gasteiger partial charge < -0.3 is 11.1 Å². The summed E-state index contributed by atoms with van der Waals surface area (Å²) in [7, 11) is -3.35. The molecule has 0 radical (unpaired) electrons. The van der Waals surface area contributed by atoms with Crippen LogP contribution in [0.4, 0.5) is 0 Å². The summed E-state index contributed by atoms with van der Waals surface area (Å²) < 4.78 is 24.4. The fourth-order valence-corrected chi connectivity index (χ4v) is 3.89. The van der Waals surface area contributed by atoms with Crippen LogP contribution >= 0.6 is 0 Å². The number of hydrogen-bond donors (Lipinski definition) is 2. The number of rotatable bonds is 9. The van der Waals surface area contributed by atoms with E-state index in [-0.39, 0.29) is 23.0 Å². The van der Waals surface area contributed by atoms with E-state index in [2.05, 4.69) is 5.32 Å². The molecule has 2 aromatic carbocycles. The number of sulfone groups is 1. The van der Waals surface area contributed by atoms with E-state index in [1.807, 2.05) is 0 Å². The lowest BCUT2D eigenvalue weighted by atomic mass is 10.1. The number of nitrogens with one attached hydrogen (secondary N) is 1. The molecule has 7 heteroatoms. The molecule has 138 valence electrons. The van der Waals surface area contributed by atoms with Crippen LogP contribution in [0.5, 0.6) is 0 Å². The highest BCUT2D eigenvalue weighted by molar-refractivity contribution is 7.91. The molecule has 6 nitrogen and oxygen atoms in total. The molecule has 0 bridgehead atoms. The zero-order valence-electron chi connectivity index (χ0n) is 14.3. The maximum absolute atomic E-state index is 12.2. The Bertz CT molecular complexity index is 836. The Balaban J connectivity index is 1.85. The van der Waals surface area contributed by atoms with Gasteiger partial charge in [-0.2, -0.15) is 0 Å². The van der Waals surface area contributed by atoms with Gasteiger partial charge in [0, 0.05) is 5.56 Å². The van der Waals surface area contributed by atoms with Crippen molar-refractivity contribution in [2.45, 2.75) is 30.2 Å². The molecule has 0 aliphatic heterocycles. The largest absolute Gasteiger partial charge is 0.368 e. The zero-order chi connectivity index (χ0) is 19.0. The monoisotopic (exact) mass is 374 g/mol. The third-order valence-electron chi connectivity index (χ3n) is 3.94. The number of unbranched alkanes of at least 4 members (excludes halogenated alkanes) is 1. The van der Waals surface area contributed by atoms with E-state index >= 15 is 0 Å². The minimum atomic E-state index is -3.35. The maximum Gasteiger partial charge on any atom is 0.251 e. The van der Waals surface area contributed by atoms with Gasteiger partial charge in [0.05, 0.1) is 10.6 Å². The van der Waals surface area contributed by atoms with Gasteiger partial charge in [0.2, 0.25) is 5.91 Å². The molecular weight excluding hydrogens is 352 g/mol. The summed E-state index contributed by atoms with van der Waals surface area (Å²) in [5.74, 6) is -1.04. The fourth-order valence-electron chi connectivity index (χ4n) is 2.50. The first-order valence-electron chi connectivity index (χ1n) is 8.33. The summed E-state index contributed by atoms with van der Waals surface area (Å²) >= 11 is 0. The van der Waals surface area contributed by atoms with Crippen LogP contribution in [0.2, 0.25) is 0 Å². The highest BCUT2D eigenvalue weighted by atomic mass is 32.2. The van der Waals surface area contributed by atoms with Crippen molar-refractivity contribution in [2.75, 3.05) is 5.75 Å². The minimum absolute atomic E-state index is 0.0187. The summed E-state index contributed by atoms with van der Waals surface area (Å²) in [5.41, 5.74) is 5.79. The Morgan fingerprint density at radius 2 is 1.50 bits per heavy atom. The number of amides is 2. The Morgan fingerprint density at radius 3 is 2.08 bits per heavy atom. The molecule has 2 rings (SSSR count). The van der Waals surface area contributed by atoms with E-state index in [4.69, 9.17) is 5.73 Å². The van der Waals surface area contributed by atoms with Gasteiger partial charge in [-0.3, -0.25) is 9.59 Å². The predicted octanol–water partition coefficient (Wildman–Crippen LogP) is 1.91. The lowest BCUT2D eigenvalue weighted by Crippen LogP contribution is -2.44. The van der Waals surface area contributed by atoms with E-state index in [1.165, 1.54) is 0 Å². The van der Waals surface area contributed by atoms with Crippen LogP contribution in [-0.2, 0) is 14.6 Å². The second-order valence-electron chi connectivity index (χ2n) is 5.92. The van der Waals surface area contributed by atoms with Gasteiger partial charge in [-0.05, 0) is 43.5 Å². The average molecular weight is 374 g/mol. The Morgan fingerprint density at radius 1 is 0.923 bits per heavy atom. The van der Waals surface area contributed by atoms with Gasteiger partial charge in [0.1, 0.15) is 6.04 Å². The molecule has 0 heterocycles. The van der Waals surface area contributed by atoms with Crippen molar-refractivity contribution in [1.82, 2.24) is 5.32 Å². The van der Waals surface area contributed by atoms with E-state index in [1.54, 1.807) is 60.7 Å². The third kappa shape index (κ3) is 5.70. The quantitative estimate of drug-likeness (QED) is 0.654. The molecule has 2 amide bonds. The molecule has 0 saturated carbocycles. The van der Waals surface area contributed by atoms with Crippen LogP contribution in [0.3, 0.4) is 0 Å². The molecule has 2 aromatic rings. The molecule has 0 saturated heterocycles. The molecule has 0 fully saturated rings. The van der Waals surface area contributed by atoms with E-state index < -0.39 is 21.8 Å². The standard InChI is InChI=1S/C19H22N2O4S/c20-18(22)17(21-19(23)15-9-3-1-4-10-15)13-7-8-14-26(24,25)16-11-5-2-6-12-16/h1-6,9-12,17H,7-8,13-14H2,(H2,20,22)(H,21,23). The lowest BCUT2D eigenvalue weighted by Gasteiger charge is -2.15. The summed E-state index contributed by atoms with van der Waals surface area (Å²) in [5, 5.41) is 2.60. The zero-order valence-corrected chi connectivity index (χ0v) is 15.1. The van der Waals surface area contributed by atoms with Gasteiger partial charge in [-0.15, -0.1) is 0 Å². The minimum Gasteiger partial charge on any atom is -0.368 e. The Hall–Kier alpha value is -2.67. The normalized spacial score (nSPS) is 12.3. The van der Waals surface area contributed by atoms with Gasteiger partial charge in [-0.1, -0.05) is 36.4 Å². The third-order valence-corrected chi connectivity index (χ3v) is 5.76. The van der Waals surface area contributed by atoms with Crippen molar-refractivity contribution in [1.29, 1.82) is 0 Å². The number of benzene rings is 2. The van der Waals surface area contributed by atoms with Gasteiger partial charge in [0.15, 0.2) is 9.84 Å². The summed E-state index contributed by atoms with van der Waals surface area (Å²) in [6.45, 7) is 0. The summed E-state index contributed by atoms with van der Waals surface area (Å²) in [4.78, 5) is 24.0. The van der Waals surface area contributed by atoms with Crippen LogP contribution in [0.25, 0.3) is 0 Å². The number of carbonyl (C=O) groups is 2. The summed E-state index contributed by atoms with van der Waals surface area (Å²) in [6.07, 6.45) is 1.12. The first kappa shape index (κ1) is 19.7. The van der Waals surface area contributed by atoms with Crippen molar-refractivity contribution in [3.05, 3.63) is 66.2 Å². The van der Waals surface area contributed by atoms with Crippen molar-refractivity contribution >= 4 is 21.7 Å². The molecule has 3 N–H and O–H groups in total. The topological polar surface area (TPSA) is 106 Å². The molecule has 0 aliphatic rings. The van der Waals surface area contributed by atoms with Crippen molar-refractivity contribution in [3.63, 3.8) is 0 Å².